The lowest BCUT2D eigenvalue weighted by Crippen LogP contribution is -2.01. The van der Waals surface area contributed by atoms with Crippen LogP contribution < -0.4 is 0 Å². The summed E-state index contributed by atoms with van der Waals surface area (Å²) in [5.74, 6) is -2.17. The minimum absolute atomic E-state index is 0.206. The van der Waals surface area contributed by atoms with Gasteiger partial charge in [0.05, 0.1) is 6.26 Å². The summed E-state index contributed by atoms with van der Waals surface area (Å²) in [4.78, 5) is 10.4. The molecule has 0 unspecified atom stereocenters. The zero-order valence-corrected chi connectivity index (χ0v) is 6.17. The first-order valence-electron chi connectivity index (χ1n) is 3.13. The molecular formula is C7H6F2O3. The number of carbonyl (C=O) groups is 1. The molecule has 0 aliphatic carbocycles. The molecule has 0 saturated carbocycles. The fraction of sp³-hybridized carbons (Fsp3) is 0.286. The molecule has 1 heterocycles. The summed E-state index contributed by atoms with van der Waals surface area (Å²) in [6.45, 7) is 1.40. The highest BCUT2D eigenvalue weighted by atomic mass is 19.3. The summed E-state index contributed by atoms with van der Waals surface area (Å²) < 4.78 is 28.5. The molecule has 3 nitrogen and oxygen atoms in total. The van der Waals surface area contributed by atoms with Gasteiger partial charge in [0.25, 0.3) is 6.43 Å². The third-order valence-electron chi connectivity index (χ3n) is 1.42. The summed E-state index contributed by atoms with van der Waals surface area (Å²) >= 11 is 0. The largest absolute Gasteiger partial charge is 0.478 e. The zero-order valence-electron chi connectivity index (χ0n) is 6.17. The molecule has 0 spiro atoms. The van der Waals surface area contributed by atoms with Gasteiger partial charge in [-0.15, -0.1) is 0 Å². The monoisotopic (exact) mass is 176 g/mol. The van der Waals surface area contributed by atoms with E-state index in [2.05, 4.69) is 4.42 Å². The van der Waals surface area contributed by atoms with Crippen molar-refractivity contribution in [2.24, 2.45) is 0 Å². The van der Waals surface area contributed by atoms with Crippen LogP contribution in [0.25, 0.3) is 0 Å². The predicted octanol–water partition coefficient (Wildman–Crippen LogP) is 2.22. The van der Waals surface area contributed by atoms with E-state index in [4.69, 9.17) is 5.11 Å². The summed E-state index contributed by atoms with van der Waals surface area (Å²) in [5, 5.41) is 8.49. The van der Waals surface area contributed by atoms with E-state index in [9.17, 15) is 13.6 Å². The van der Waals surface area contributed by atoms with E-state index in [-0.39, 0.29) is 5.56 Å². The van der Waals surface area contributed by atoms with Crippen molar-refractivity contribution in [1.82, 2.24) is 0 Å². The summed E-state index contributed by atoms with van der Waals surface area (Å²) in [6, 6.07) is 0. The molecule has 0 radical (unpaired) electrons. The predicted molar refractivity (Wildman–Crippen MR) is 35.4 cm³/mol. The highest BCUT2D eigenvalue weighted by Crippen LogP contribution is 2.26. The number of carboxylic acids is 1. The Morgan fingerprint density at radius 1 is 1.67 bits per heavy atom. The van der Waals surface area contributed by atoms with Gasteiger partial charge >= 0.3 is 5.97 Å². The molecule has 0 atom stereocenters. The van der Waals surface area contributed by atoms with Gasteiger partial charge in [-0.2, -0.15) is 0 Å². The number of furan rings is 1. The van der Waals surface area contributed by atoms with Crippen molar-refractivity contribution in [2.45, 2.75) is 13.3 Å². The first kappa shape index (κ1) is 8.70. The van der Waals surface area contributed by atoms with E-state index >= 15 is 0 Å². The molecule has 1 aromatic heterocycles. The molecular weight excluding hydrogens is 170 g/mol. The first-order chi connectivity index (χ1) is 5.54. The quantitative estimate of drug-likeness (QED) is 0.751. The van der Waals surface area contributed by atoms with Gasteiger partial charge in [-0.25, -0.2) is 13.6 Å². The number of rotatable bonds is 2. The lowest BCUT2D eigenvalue weighted by atomic mass is 10.2. The Balaban J connectivity index is 3.21. The maximum Gasteiger partial charge on any atom is 0.339 e. The van der Waals surface area contributed by atoms with E-state index in [0.717, 1.165) is 6.26 Å². The number of halogens is 2. The van der Waals surface area contributed by atoms with Crippen LogP contribution in [0.2, 0.25) is 0 Å². The van der Waals surface area contributed by atoms with Crippen molar-refractivity contribution in [3.63, 3.8) is 0 Å². The van der Waals surface area contributed by atoms with Gasteiger partial charge in [-0.05, 0) is 6.92 Å². The van der Waals surface area contributed by atoms with Crippen molar-refractivity contribution >= 4 is 5.97 Å². The van der Waals surface area contributed by atoms with Gasteiger partial charge in [-0.1, -0.05) is 0 Å². The molecule has 0 aromatic carbocycles. The fourth-order valence-electron chi connectivity index (χ4n) is 0.899. The third kappa shape index (κ3) is 1.30. The van der Waals surface area contributed by atoms with Crippen LogP contribution in [0.1, 0.15) is 28.1 Å². The summed E-state index contributed by atoms with van der Waals surface area (Å²) in [6.07, 6.45) is -1.88. The minimum Gasteiger partial charge on any atom is -0.478 e. The van der Waals surface area contributed by atoms with E-state index in [1.54, 1.807) is 0 Å². The maximum atomic E-state index is 12.0. The van der Waals surface area contributed by atoms with Crippen molar-refractivity contribution in [1.29, 1.82) is 0 Å². The molecule has 0 aliphatic heterocycles. The van der Waals surface area contributed by atoms with Gasteiger partial charge in [0.15, 0.2) is 5.76 Å². The molecule has 0 aliphatic rings. The van der Waals surface area contributed by atoms with Crippen LogP contribution in [0, 0.1) is 6.92 Å². The van der Waals surface area contributed by atoms with Gasteiger partial charge in [0.2, 0.25) is 0 Å². The Kier molecular flexibility index (Phi) is 2.12. The first-order valence-corrected chi connectivity index (χ1v) is 3.13. The van der Waals surface area contributed by atoms with Crippen LogP contribution in [0.15, 0.2) is 10.7 Å². The second-order valence-electron chi connectivity index (χ2n) is 2.26. The third-order valence-corrected chi connectivity index (χ3v) is 1.42. The topological polar surface area (TPSA) is 50.4 Å². The number of hydrogen-bond acceptors (Lipinski definition) is 2. The van der Waals surface area contributed by atoms with Crippen molar-refractivity contribution in [3.8, 4) is 0 Å². The second-order valence-corrected chi connectivity index (χ2v) is 2.26. The Morgan fingerprint density at radius 2 is 2.25 bits per heavy atom. The number of aromatic carboxylic acids is 1. The molecule has 0 amide bonds. The molecule has 0 fully saturated rings. The number of aryl methyl sites for hydroxylation is 1. The lowest BCUT2D eigenvalue weighted by molar-refractivity contribution is 0.0672. The van der Waals surface area contributed by atoms with Crippen LogP contribution in [0.5, 0.6) is 0 Å². The average molecular weight is 176 g/mol. The van der Waals surface area contributed by atoms with Crippen molar-refractivity contribution in [2.75, 3.05) is 0 Å². The Morgan fingerprint density at radius 3 is 2.58 bits per heavy atom. The minimum atomic E-state index is -2.88. The second kappa shape index (κ2) is 2.92. The van der Waals surface area contributed by atoms with E-state index in [1.807, 2.05) is 0 Å². The van der Waals surface area contributed by atoms with Crippen molar-refractivity contribution in [3.05, 3.63) is 23.2 Å². The molecule has 12 heavy (non-hydrogen) atoms. The smallest absolute Gasteiger partial charge is 0.339 e. The number of hydrogen-bond donors (Lipinski definition) is 1. The summed E-state index contributed by atoms with van der Waals surface area (Å²) in [5.41, 5.74) is -0.234. The molecule has 1 N–H and O–H groups in total. The molecule has 0 saturated heterocycles. The van der Waals surface area contributed by atoms with Gasteiger partial charge in [0.1, 0.15) is 5.56 Å². The highest BCUT2D eigenvalue weighted by Gasteiger charge is 2.24. The van der Waals surface area contributed by atoms with Crippen LogP contribution in [0.3, 0.4) is 0 Å². The number of alkyl halides is 2. The van der Waals surface area contributed by atoms with E-state index in [1.165, 1.54) is 6.92 Å². The molecule has 1 aromatic rings. The molecule has 5 heteroatoms. The SMILES string of the molecule is Cc1coc(C(F)F)c1C(=O)O. The van der Waals surface area contributed by atoms with E-state index < -0.39 is 23.7 Å². The number of carboxylic acid groups (broad SMARTS) is 1. The lowest BCUT2D eigenvalue weighted by Gasteiger charge is -1.95. The molecule has 1 rings (SSSR count). The Labute approximate surface area is 66.6 Å². The van der Waals surface area contributed by atoms with E-state index in [0.29, 0.717) is 0 Å². The summed E-state index contributed by atoms with van der Waals surface area (Å²) in [7, 11) is 0. The van der Waals surface area contributed by atoms with Gasteiger partial charge in [-0.3, -0.25) is 0 Å². The van der Waals surface area contributed by atoms with Crippen molar-refractivity contribution < 1.29 is 23.1 Å². The molecule has 0 bridgehead atoms. The Hall–Kier alpha value is -1.39. The van der Waals surface area contributed by atoms with Crippen LogP contribution in [-0.2, 0) is 0 Å². The van der Waals surface area contributed by atoms with Crippen LogP contribution >= 0.6 is 0 Å². The Bertz CT molecular complexity index is 304. The standard InChI is InChI=1S/C7H6F2O3/c1-3-2-12-5(6(8)9)4(3)7(10)11/h2,6H,1H3,(H,10,11). The van der Waals surface area contributed by atoms with Gasteiger partial charge in [0, 0.05) is 5.56 Å². The normalized spacial score (nSPS) is 10.7. The van der Waals surface area contributed by atoms with Gasteiger partial charge < -0.3 is 9.52 Å². The highest BCUT2D eigenvalue weighted by molar-refractivity contribution is 5.90. The molecule has 66 valence electrons. The fourth-order valence-corrected chi connectivity index (χ4v) is 0.899. The van der Waals surface area contributed by atoms with Crippen LogP contribution in [-0.4, -0.2) is 11.1 Å². The zero-order chi connectivity index (χ0) is 9.30. The average Bonchev–Trinajstić information content (AvgIpc) is 2.30. The maximum absolute atomic E-state index is 12.0. The van der Waals surface area contributed by atoms with Crippen LogP contribution in [0.4, 0.5) is 8.78 Å².